The van der Waals surface area contributed by atoms with Crippen molar-refractivity contribution in [2.75, 3.05) is 119 Å². The minimum Gasteiger partial charge on any atom is -0.463 e. The highest BCUT2D eigenvalue weighted by Gasteiger charge is 2.55. The molecule has 1 unspecified atom stereocenters. The highest BCUT2D eigenvalue weighted by molar-refractivity contribution is 5.80. The van der Waals surface area contributed by atoms with E-state index in [1.54, 1.807) is 30.3 Å². The molecule has 0 bridgehead atoms. The number of hydrogen-bond acceptors (Lipinski definition) is 38. The van der Waals surface area contributed by atoms with E-state index < -0.39 is 213 Å². The summed E-state index contributed by atoms with van der Waals surface area (Å²) in [7, 11) is 0. The highest BCUT2D eigenvalue weighted by Crippen LogP contribution is 2.32. The van der Waals surface area contributed by atoms with Gasteiger partial charge in [0.25, 0.3) is 0 Å². The van der Waals surface area contributed by atoms with Crippen molar-refractivity contribution in [1.82, 2.24) is 53.2 Å². The molecule has 48 nitrogen and oxygen atoms in total. The van der Waals surface area contributed by atoms with Gasteiger partial charge in [-0.3, -0.25) is 86.3 Å². The fourth-order valence-corrected chi connectivity index (χ4v) is 13.7. The molecule has 760 valence electrons. The Balaban J connectivity index is 1.33. The quantitative estimate of drug-likeness (QED) is 0.0218. The lowest BCUT2D eigenvalue weighted by Crippen LogP contribution is -2.66. The SMILES string of the molecule is CC(=O)N[C@H]1[C@H](OCCCCC(=O)NCCCNC(=O)CCOCC(COCCC(=O)NCCCNC(=O)CCCCOC2O[C@H](COC(C)=O)[C@H](OC(C)=O)[C@H](OC(C)=O)[C@H]2NC(C)=O)(COCCC(=O)NCCCNC(=O)CCCCO[C@@H]2O[C@H](COC(C)=O)[C@H](OC(C)=O)[C@H](OC(C)=O)[C@H]2NC(C)=O)NC(=O)OCc2ccccc2)O[C@H](COC(C)=O)[C@H](OC(C)=O)[C@@H]1OC(C)=O. The molecular weight excluding hydrogens is 1790 g/mol. The molecule has 1 aromatic carbocycles. The summed E-state index contributed by atoms with van der Waals surface area (Å²) in [5.74, 6) is -10.6. The first-order valence-electron chi connectivity index (χ1n) is 44.6. The van der Waals surface area contributed by atoms with Crippen LogP contribution in [-0.2, 0) is 183 Å². The molecule has 0 spiro atoms. The third-order valence-corrected chi connectivity index (χ3v) is 19.6. The van der Waals surface area contributed by atoms with Crippen molar-refractivity contribution in [1.29, 1.82) is 0 Å². The number of benzene rings is 1. The molecule has 0 aliphatic carbocycles. The van der Waals surface area contributed by atoms with E-state index >= 15 is 0 Å². The Hall–Kier alpha value is -11.4. The predicted octanol–water partition coefficient (Wildman–Crippen LogP) is -0.732. The number of amides is 10. The Kier molecular flexibility index (Phi) is 55.4. The Morgan fingerprint density at radius 2 is 0.556 bits per heavy atom. The van der Waals surface area contributed by atoms with Crippen LogP contribution < -0.4 is 53.2 Å². The third kappa shape index (κ3) is 49.6. The van der Waals surface area contributed by atoms with Crippen LogP contribution in [0.4, 0.5) is 4.79 Å². The van der Waals surface area contributed by atoms with Crippen LogP contribution in [0, 0.1) is 0 Å². The lowest BCUT2D eigenvalue weighted by Gasteiger charge is -2.44. The maximum Gasteiger partial charge on any atom is 0.408 e. The largest absolute Gasteiger partial charge is 0.463 e. The molecule has 15 atom stereocenters. The second kappa shape index (κ2) is 64.5. The van der Waals surface area contributed by atoms with Crippen LogP contribution in [0.15, 0.2) is 30.3 Å². The fraction of sp³-hybridized carbons (Fsp3) is 0.713. The summed E-state index contributed by atoms with van der Waals surface area (Å²) < 4.78 is 108. The Bertz CT molecular complexity index is 3630. The molecule has 1 aromatic rings. The van der Waals surface area contributed by atoms with E-state index in [0.29, 0.717) is 63.4 Å². The number of carbonyl (C=O) groups excluding carboxylic acids is 19. The van der Waals surface area contributed by atoms with Crippen LogP contribution in [0.5, 0.6) is 0 Å². The zero-order valence-corrected chi connectivity index (χ0v) is 78.6. The maximum absolute atomic E-state index is 13.8. The van der Waals surface area contributed by atoms with Gasteiger partial charge in [-0.1, -0.05) is 30.3 Å². The molecule has 10 N–H and O–H groups in total. The summed E-state index contributed by atoms with van der Waals surface area (Å²) in [5, 5.41) is 27.3. The second-order valence-electron chi connectivity index (χ2n) is 31.7. The minimum atomic E-state index is -1.61. The first-order valence-corrected chi connectivity index (χ1v) is 44.6. The molecule has 0 aromatic heterocycles. The van der Waals surface area contributed by atoms with E-state index in [4.69, 9.17) is 90.0 Å². The van der Waals surface area contributed by atoms with E-state index in [2.05, 4.69) is 53.2 Å². The monoisotopic (exact) mass is 1930 g/mol. The summed E-state index contributed by atoms with van der Waals surface area (Å²) in [6.45, 7) is 11.5. The average Bonchev–Trinajstić information content (AvgIpc) is 0.794. The van der Waals surface area contributed by atoms with Crippen molar-refractivity contribution in [3.05, 3.63) is 35.9 Å². The molecule has 3 aliphatic heterocycles. The third-order valence-electron chi connectivity index (χ3n) is 19.6. The molecule has 0 radical (unpaired) electrons. The van der Waals surface area contributed by atoms with E-state index in [1.165, 1.54) is 20.8 Å². The normalized spacial score (nSPS) is 21.1. The van der Waals surface area contributed by atoms with Crippen molar-refractivity contribution >= 4 is 113 Å². The molecule has 3 saturated heterocycles. The summed E-state index contributed by atoms with van der Waals surface area (Å²) in [6.07, 6.45) is -13.7. The summed E-state index contributed by atoms with van der Waals surface area (Å²) in [6, 6.07) is 5.22. The van der Waals surface area contributed by atoms with E-state index in [0.717, 1.165) is 62.3 Å². The molecule has 10 amide bonds. The smallest absolute Gasteiger partial charge is 0.408 e. The number of ether oxygens (including phenoxy) is 19. The molecule has 4 rings (SSSR count). The van der Waals surface area contributed by atoms with Crippen molar-refractivity contribution in [3.8, 4) is 0 Å². The van der Waals surface area contributed by atoms with Gasteiger partial charge in [0.2, 0.25) is 53.2 Å². The van der Waals surface area contributed by atoms with Gasteiger partial charge in [-0.15, -0.1) is 0 Å². The van der Waals surface area contributed by atoms with Gasteiger partial charge in [-0.05, 0) is 63.4 Å². The van der Waals surface area contributed by atoms with Crippen molar-refractivity contribution in [3.63, 3.8) is 0 Å². The van der Waals surface area contributed by atoms with Crippen LogP contribution in [0.2, 0.25) is 0 Å². The molecular formula is C87H134N10O38. The van der Waals surface area contributed by atoms with Crippen molar-refractivity contribution in [2.24, 2.45) is 0 Å². The summed E-state index contributed by atoms with van der Waals surface area (Å²) >= 11 is 0. The van der Waals surface area contributed by atoms with E-state index in [9.17, 15) is 91.1 Å². The maximum atomic E-state index is 13.8. The molecule has 3 fully saturated rings. The number of hydrogen-bond donors (Lipinski definition) is 10. The summed E-state index contributed by atoms with van der Waals surface area (Å²) in [4.78, 5) is 237. The number of unbranched alkanes of at least 4 members (excludes halogenated alkanes) is 3. The highest BCUT2D eigenvalue weighted by atomic mass is 16.7. The molecule has 48 heteroatoms. The van der Waals surface area contributed by atoms with Gasteiger partial charge in [0.1, 0.15) is 68.4 Å². The topological polar surface area (TPSA) is 620 Å². The average molecular weight is 1930 g/mol. The van der Waals surface area contributed by atoms with E-state index in [1.807, 2.05) is 0 Å². The Morgan fingerprint density at radius 3 is 0.807 bits per heavy atom. The van der Waals surface area contributed by atoms with Crippen molar-refractivity contribution < 1.29 is 181 Å². The number of nitrogens with one attached hydrogen (secondary N) is 10. The molecule has 0 saturated carbocycles. The van der Waals surface area contributed by atoms with Gasteiger partial charge >= 0.3 is 59.8 Å². The number of alkyl carbamates (subject to hydrolysis) is 1. The zero-order valence-electron chi connectivity index (χ0n) is 78.6. The van der Waals surface area contributed by atoms with Gasteiger partial charge in [0, 0.05) is 181 Å². The van der Waals surface area contributed by atoms with Crippen LogP contribution in [0.1, 0.15) is 185 Å². The van der Waals surface area contributed by atoms with Gasteiger partial charge in [-0.25, -0.2) is 4.79 Å². The van der Waals surface area contributed by atoms with E-state index in [-0.39, 0.29) is 162 Å². The first-order chi connectivity index (χ1) is 64.2. The Labute approximate surface area is 782 Å². The van der Waals surface area contributed by atoms with Crippen LogP contribution in [0.3, 0.4) is 0 Å². The number of rotatable bonds is 63. The lowest BCUT2D eigenvalue weighted by atomic mass is 9.96. The molecule has 135 heavy (non-hydrogen) atoms. The second-order valence-corrected chi connectivity index (χ2v) is 31.7. The van der Waals surface area contributed by atoms with Crippen LogP contribution in [0.25, 0.3) is 0 Å². The standard InChI is InChI=1S/C87H134N10O38/c1-52(98)94-74-80(130-61(10)107)77(127-58(7)104)65(46-123-55(4)101)133-83(74)120-39-19-16-27-68(110)88-33-22-36-91-71(113)30-42-117-49-87(97-86(116)126-45-64-25-14-13-15-26-64,50-118-43-31-72(114)92-37-23-34-89-69(111)28-17-20-40-121-84-75(95-53(2)99)81(131-62(11)108)78(128-59(8)105)66(134-84)47-124-56(5)102)51-119-44-32-73(115)93-38-24-35-90-70(112)29-18-21-41-122-85-76(96-54(3)100)82(132-63(12)109)79(129-60(9)106)67(135-85)48-125-57(6)103/h13-15,25-26,65-67,74-85H,16-24,27-51H2,1-12H3,(H,88,110)(H,89,111)(H,90,112)(H,91,113)(H,92,114)(H,93,115)(H,94,98)(H,95,99)(H,96,100)(H,97,116)/t65-,66-,67-,74-,75-,76-,77+,78+,79+,80-,81-,82-,83-,84-,85?/m1/s1. The van der Waals surface area contributed by atoms with Crippen LogP contribution >= 0.6 is 0 Å². The fourth-order valence-electron chi connectivity index (χ4n) is 13.7. The lowest BCUT2D eigenvalue weighted by molar-refractivity contribution is -0.277. The van der Waals surface area contributed by atoms with Crippen LogP contribution in [-0.4, -0.2) is 329 Å². The summed E-state index contributed by atoms with van der Waals surface area (Å²) in [5.41, 5.74) is -0.966. The minimum absolute atomic E-state index is 0.0166. The van der Waals surface area contributed by atoms with Gasteiger partial charge in [-0.2, -0.15) is 0 Å². The van der Waals surface area contributed by atoms with Gasteiger partial charge in [0.15, 0.2) is 55.5 Å². The van der Waals surface area contributed by atoms with Gasteiger partial charge in [0.05, 0.1) is 39.6 Å². The Morgan fingerprint density at radius 1 is 0.296 bits per heavy atom. The number of carbonyl (C=O) groups is 19. The molecule has 3 heterocycles. The zero-order chi connectivity index (χ0) is 99.8. The van der Waals surface area contributed by atoms with Gasteiger partial charge < -0.3 is 143 Å². The predicted molar refractivity (Wildman–Crippen MR) is 462 cm³/mol. The molecule has 3 aliphatic rings. The van der Waals surface area contributed by atoms with Crippen molar-refractivity contribution in [2.45, 2.75) is 283 Å². The first kappa shape index (κ1) is 116. The number of esters is 9.